The van der Waals surface area contributed by atoms with Crippen molar-refractivity contribution in [1.29, 1.82) is 0 Å². The van der Waals surface area contributed by atoms with Crippen LogP contribution in [0.15, 0.2) is 85.5 Å². The van der Waals surface area contributed by atoms with Crippen LogP contribution in [-0.4, -0.2) is 29.5 Å². The summed E-state index contributed by atoms with van der Waals surface area (Å²) in [5.41, 5.74) is 2.90. The summed E-state index contributed by atoms with van der Waals surface area (Å²) in [6.07, 6.45) is 5.25. The Labute approximate surface area is 161 Å². The van der Waals surface area contributed by atoms with E-state index in [2.05, 4.69) is 37.6 Å². The quantitative estimate of drug-likeness (QED) is 0.511. The maximum absolute atomic E-state index is 4.59. The molecule has 0 fully saturated rings. The standard InChI is InChI=1S/C21H17N7/c1-3-7-16(8-4-1)14-27-12-11-19(26-27)25-20-18-13-24-28(21(18)23-15-22-20)17-9-5-2-6-10-17/h1-13,15H,14H2,(H,22,23,25,26). The molecule has 0 spiro atoms. The molecule has 136 valence electrons. The fraction of sp³-hybridized carbons (Fsp3) is 0.0476. The second-order valence-corrected chi connectivity index (χ2v) is 6.36. The summed E-state index contributed by atoms with van der Waals surface area (Å²) in [5.74, 6) is 1.40. The highest BCUT2D eigenvalue weighted by molar-refractivity contribution is 5.88. The predicted octanol–water partition coefficient (Wildman–Crippen LogP) is 3.80. The number of nitrogens with one attached hydrogen (secondary N) is 1. The molecule has 28 heavy (non-hydrogen) atoms. The van der Waals surface area contributed by atoms with Crippen LogP contribution in [0.5, 0.6) is 0 Å². The summed E-state index contributed by atoms with van der Waals surface area (Å²) in [6, 6.07) is 22.1. The Hall–Kier alpha value is -4.00. The van der Waals surface area contributed by atoms with Crippen LogP contribution in [0.2, 0.25) is 0 Å². The molecule has 0 aliphatic rings. The van der Waals surface area contributed by atoms with Crippen molar-refractivity contribution in [2.24, 2.45) is 0 Å². The Bertz CT molecular complexity index is 1210. The van der Waals surface area contributed by atoms with Crippen molar-refractivity contribution < 1.29 is 0 Å². The molecule has 7 nitrogen and oxygen atoms in total. The van der Waals surface area contributed by atoms with E-state index in [9.17, 15) is 0 Å². The van der Waals surface area contributed by atoms with Crippen molar-refractivity contribution in [2.45, 2.75) is 6.54 Å². The van der Waals surface area contributed by atoms with Gasteiger partial charge in [-0.05, 0) is 17.7 Å². The smallest absolute Gasteiger partial charge is 0.168 e. The van der Waals surface area contributed by atoms with Crippen LogP contribution >= 0.6 is 0 Å². The van der Waals surface area contributed by atoms with Crippen LogP contribution in [0.25, 0.3) is 16.7 Å². The monoisotopic (exact) mass is 367 g/mol. The van der Waals surface area contributed by atoms with Crippen molar-refractivity contribution in [3.8, 4) is 5.69 Å². The summed E-state index contributed by atoms with van der Waals surface area (Å²) in [4.78, 5) is 8.78. The molecule has 3 aromatic heterocycles. The van der Waals surface area contributed by atoms with Crippen molar-refractivity contribution in [1.82, 2.24) is 29.5 Å². The minimum Gasteiger partial charge on any atom is -0.323 e. The summed E-state index contributed by atoms with van der Waals surface area (Å²) in [5, 5.41) is 13.2. The highest BCUT2D eigenvalue weighted by Crippen LogP contribution is 2.23. The zero-order chi connectivity index (χ0) is 18.8. The molecular weight excluding hydrogens is 350 g/mol. The lowest BCUT2D eigenvalue weighted by molar-refractivity contribution is 0.689. The van der Waals surface area contributed by atoms with Gasteiger partial charge in [-0.25, -0.2) is 14.6 Å². The average Bonchev–Trinajstić information content (AvgIpc) is 3.37. The second kappa shape index (κ2) is 6.96. The number of para-hydroxylation sites is 1. The first-order valence-corrected chi connectivity index (χ1v) is 8.95. The molecule has 0 aliphatic carbocycles. The first-order chi connectivity index (χ1) is 13.9. The molecule has 3 heterocycles. The lowest BCUT2D eigenvalue weighted by Gasteiger charge is -2.05. The van der Waals surface area contributed by atoms with Crippen LogP contribution < -0.4 is 5.32 Å². The van der Waals surface area contributed by atoms with Gasteiger partial charge in [0, 0.05) is 12.3 Å². The third kappa shape index (κ3) is 3.09. The molecule has 0 bridgehead atoms. The summed E-state index contributed by atoms with van der Waals surface area (Å²) >= 11 is 0. The third-order valence-corrected chi connectivity index (χ3v) is 4.44. The highest BCUT2D eigenvalue weighted by atomic mass is 15.3. The molecule has 0 saturated carbocycles. The number of nitrogens with zero attached hydrogens (tertiary/aromatic N) is 6. The van der Waals surface area contributed by atoms with Crippen molar-refractivity contribution >= 4 is 22.7 Å². The number of rotatable bonds is 5. The van der Waals surface area contributed by atoms with Gasteiger partial charge in [-0.15, -0.1) is 0 Å². The first kappa shape index (κ1) is 16.2. The zero-order valence-corrected chi connectivity index (χ0v) is 15.0. The largest absolute Gasteiger partial charge is 0.323 e. The molecule has 0 unspecified atom stereocenters. The Balaban J connectivity index is 1.42. The lowest BCUT2D eigenvalue weighted by Crippen LogP contribution is -2.02. The van der Waals surface area contributed by atoms with E-state index in [-0.39, 0.29) is 0 Å². The van der Waals surface area contributed by atoms with Gasteiger partial charge in [-0.3, -0.25) is 4.68 Å². The number of anilines is 2. The van der Waals surface area contributed by atoms with E-state index in [1.54, 1.807) is 10.9 Å². The van der Waals surface area contributed by atoms with E-state index in [0.29, 0.717) is 12.4 Å². The van der Waals surface area contributed by atoms with Gasteiger partial charge in [-0.1, -0.05) is 48.5 Å². The maximum atomic E-state index is 4.59. The van der Waals surface area contributed by atoms with E-state index in [1.807, 2.05) is 65.5 Å². The second-order valence-electron chi connectivity index (χ2n) is 6.36. The predicted molar refractivity (Wildman–Crippen MR) is 108 cm³/mol. The first-order valence-electron chi connectivity index (χ1n) is 8.95. The molecule has 2 aromatic carbocycles. The van der Waals surface area contributed by atoms with Gasteiger partial charge in [0.05, 0.1) is 23.8 Å². The molecule has 1 N–H and O–H groups in total. The van der Waals surface area contributed by atoms with Crippen LogP contribution in [0.3, 0.4) is 0 Å². The maximum Gasteiger partial charge on any atom is 0.168 e. The number of fused-ring (bicyclic) bond motifs is 1. The molecule has 0 atom stereocenters. The molecule has 7 heteroatoms. The summed E-state index contributed by atoms with van der Waals surface area (Å²) in [6.45, 7) is 0.716. The Morgan fingerprint density at radius 3 is 2.46 bits per heavy atom. The fourth-order valence-corrected chi connectivity index (χ4v) is 3.11. The van der Waals surface area contributed by atoms with Crippen LogP contribution in [0, 0.1) is 0 Å². The van der Waals surface area contributed by atoms with Gasteiger partial charge in [0.1, 0.15) is 12.1 Å². The van der Waals surface area contributed by atoms with E-state index < -0.39 is 0 Å². The third-order valence-electron chi connectivity index (χ3n) is 4.44. The molecule has 0 saturated heterocycles. The van der Waals surface area contributed by atoms with E-state index in [0.717, 1.165) is 22.5 Å². The number of hydrogen-bond donors (Lipinski definition) is 1. The Morgan fingerprint density at radius 2 is 1.64 bits per heavy atom. The molecule has 0 amide bonds. The van der Waals surface area contributed by atoms with Gasteiger partial charge in [-0.2, -0.15) is 10.2 Å². The van der Waals surface area contributed by atoms with Crippen molar-refractivity contribution in [3.05, 3.63) is 91.0 Å². The van der Waals surface area contributed by atoms with E-state index >= 15 is 0 Å². The van der Waals surface area contributed by atoms with Crippen LogP contribution in [0.1, 0.15) is 5.56 Å². The molecule has 5 rings (SSSR count). The van der Waals surface area contributed by atoms with Gasteiger partial charge in [0.2, 0.25) is 0 Å². The van der Waals surface area contributed by atoms with E-state index in [4.69, 9.17) is 0 Å². The minimum atomic E-state index is 0.678. The van der Waals surface area contributed by atoms with Crippen LogP contribution in [-0.2, 0) is 6.54 Å². The lowest BCUT2D eigenvalue weighted by atomic mass is 10.2. The molecular formula is C21H17N7. The van der Waals surface area contributed by atoms with Gasteiger partial charge < -0.3 is 5.32 Å². The summed E-state index contributed by atoms with van der Waals surface area (Å²) in [7, 11) is 0. The topological polar surface area (TPSA) is 73.5 Å². The van der Waals surface area contributed by atoms with Crippen molar-refractivity contribution in [3.63, 3.8) is 0 Å². The minimum absolute atomic E-state index is 0.678. The molecule has 5 aromatic rings. The van der Waals surface area contributed by atoms with E-state index in [1.165, 1.54) is 11.9 Å². The molecule has 0 aliphatic heterocycles. The van der Waals surface area contributed by atoms with Gasteiger partial charge in [0.15, 0.2) is 11.5 Å². The average molecular weight is 367 g/mol. The Morgan fingerprint density at radius 1 is 0.857 bits per heavy atom. The Kier molecular flexibility index (Phi) is 4.02. The zero-order valence-electron chi connectivity index (χ0n) is 15.0. The number of aromatic nitrogens is 6. The summed E-state index contributed by atoms with van der Waals surface area (Å²) < 4.78 is 3.69. The van der Waals surface area contributed by atoms with Crippen molar-refractivity contribution in [2.75, 3.05) is 5.32 Å². The van der Waals surface area contributed by atoms with Gasteiger partial charge >= 0.3 is 0 Å². The van der Waals surface area contributed by atoms with Crippen LogP contribution in [0.4, 0.5) is 11.6 Å². The fourth-order valence-electron chi connectivity index (χ4n) is 3.11. The van der Waals surface area contributed by atoms with Gasteiger partial charge in [0.25, 0.3) is 0 Å². The molecule has 0 radical (unpaired) electrons. The normalized spacial score (nSPS) is 11.0. The number of hydrogen-bond acceptors (Lipinski definition) is 5. The highest BCUT2D eigenvalue weighted by Gasteiger charge is 2.12. The number of benzene rings is 2. The SMILES string of the molecule is c1ccc(Cn2ccc(Nc3ncnc4c3cnn4-c3ccccc3)n2)cc1.